The quantitative estimate of drug-likeness (QED) is 0.566. The molecule has 1 heterocycles. The number of sulfonamides is 1. The van der Waals surface area contributed by atoms with Gasteiger partial charge in [0.15, 0.2) is 4.90 Å². The monoisotopic (exact) mass is 328 g/mol. The van der Waals surface area contributed by atoms with Crippen LogP contribution in [0.5, 0.6) is 0 Å². The Balaban J connectivity index is 2.08. The largest absolute Gasteiger partial charge is 0.314 e. The number of nitro groups is 1. The van der Waals surface area contributed by atoms with E-state index in [4.69, 9.17) is 0 Å². The van der Waals surface area contributed by atoms with E-state index in [0.717, 1.165) is 26.2 Å². The van der Waals surface area contributed by atoms with E-state index in [1.54, 1.807) is 13.0 Å². The van der Waals surface area contributed by atoms with Crippen LogP contribution in [0.2, 0.25) is 0 Å². The third-order valence-corrected chi connectivity index (χ3v) is 5.24. The summed E-state index contributed by atoms with van der Waals surface area (Å²) in [7, 11) is -3.90. The Hall–Kier alpha value is -1.55. The highest BCUT2D eigenvalue weighted by Gasteiger charge is 2.27. The minimum Gasteiger partial charge on any atom is -0.314 e. The molecule has 1 aromatic carbocycles. The third-order valence-electron chi connectivity index (χ3n) is 3.59. The Bertz CT molecular complexity index is 641. The van der Waals surface area contributed by atoms with Crippen LogP contribution in [0.1, 0.15) is 5.56 Å². The summed E-state index contributed by atoms with van der Waals surface area (Å²) >= 11 is 0. The molecule has 0 saturated carbocycles. The highest BCUT2D eigenvalue weighted by atomic mass is 32.2. The minimum absolute atomic E-state index is 0.230. The average molecular weight is 328 g/mol. The molecule has 22 heavy (non-hydrogen) atoms. The van der Waals surface area contributed by atoms with Crippen LogP contribution < -0.4 is 10.0 Å². The van der Waals surface area contributed by atoms with Gasteiger partial charge in [-0.15, -0.1) is 0 Å². The van der Waals surface area contributed by atoms with Crippen molar-refractivity contribution >= 4 is 15.7 Å². The van der Waals surface area contributed by atoms with Gasteiger partial charge in [0.25, 0.3) is 5.69 Å². The fourth-order valence-corrected chi connectivity index (χ4v) is 3.89. The molecular weight excluding hydrogens is 308 g/mol. The van der Waals surface area contributed by atoms with Gasteiger partial charge >= 0.3 is 0 Å². The van der Waals surface area contributed by atoms with Crippen molar-refractivity contribution in [2.24, 2.45) is 0 Å². The lowest BCUT2D eigenvalue weighted by molar-refractivity contribution is -0.387. The second kappa shape index (κ2) is 7.14. The first-order valence-corrected chi connectivity index (χ1v) is 8.57. The number of hydrogen-bond acceptors (Lipinski definition) is 6. The smallest absolute Gasteiger partial charge is 0.289 e. The lowest BCUT2D eigenvalue weighted by Crippen LogP contribution is -2.46. The van der Waals surface area contributed by atoms with E-state index in [9.17, 15) is 18.5 Å². The first kappa shape index (κ1) is 16.8. The molecule has 122 valence electrons. The first-order valence-electron chi connectivity index (χ1n) is 7.08. The van der Waals surface area contributed by atoms with Gasteiger partial charge < -0.3 is 5.32 Å². The zero-order chi connectivity index (χ0) is 16.2. The number of nitrogens with one attached hydrogen (secondary N) is 2. The van der Waals surface area contributed by atoms with Crippen molar-refractivity contribution in [3.8, 4) is 0 Å². The lowest BCUT2D eigenvalue weighted by Gasteiger charge is -2.27. The summed E-state index contributed by atoms with van der Waals surface area (Å²) in [5.74, 6) is 0. The van der Waals surface area contributed by atoms with Gasteiger partial charge in [-0.25, -0.2) is 13.1 Å². The van der Waals surface area contributed by atoms with Crippen molar-refractivity contribution in [2.45, 2.75) is 11.8 Å². The number of piperazine rings is 1. The summed E-state index contributed by atoms with van der Waals surface area (Å²) in [6, 6.07) is 4.24. The van der Waals surface area contributed by atoms with Gasteiger partial charge in [-0.05, 0) is 12.5 Å². The zero-order valence-corrected chi connectivity index (χ0v) is 13.2. The van der Waals surface area contributed by atoms with E-state index in [2.05, 4.69) is 14.9 Å². The van der Waals surface area contributed by atoms with Crippen LogP contribution in [0, 0.1) is 17.0 Å². The maximum atomic E-state index is 12.4. The SMILES string of the molecule is Cc1cccc([N+](=O)[O-])c1S(=O)(=O)NCCN1CCNCC1. The zero-order valence-electron chi connectivity index (χ0n) is 12.4. The number of nitro benzene ring substituents is 1. The van der Waals surface area contributed by atoms with Crippen LogP contribution in [0.4, 0.5) is 5.69 Å². The lowest BCUT2D eigenvalue weighted by atomic mass is 10.2. The van der Waals surface area contributed by atoms with Crippen molar-refractivity contribution in [1.29, 1.82) is 0 Å². The molecule has 2 rings (SSSR count). The first-order chi connectivity index (χ1) is 10.4. The molecule has 1 aliphatic rings. The second-order valence-electron chi connectivity index (χ2n) is 5.17. The van der Waals surface area contributed by atoms with Crippen LogP contribution in [-0.4, -0.2) is 57.5 Å². The maximum Gasteiger partial charge on any atom is 0.289 e. The summed E-state index contributed by atoms with van der Waals surface area (Å²) < 4.78 is 27.2. The molecular formula is C13H20N4O4S. The molecule has 8 nitrogen and oxygen atoms in total. The Labute approximate surface area is 129 Å². The molecule has 0 radical (unpaired) electrons. The van der Waals surface area contributed by atoms with Crippen molar-refractivity contribution in [3.05, 3.63) is 33.9 Å². The fraction of sp³-hybridized carbons (Fsp3) is 0.538. The van der Waals surface area contributed by atoms with E-state index in [1.807, 2.05) is 0 Å². The van der Waals surface area contributed by atoms with Gasteiger partial charge in [-0.1, -0.05) is 12.1 Å². The number of benzene rings is 1. The van der Waals surface area contributed by atoms with E-state index in [1.165, 1.54) is 12.1 Å². The standard InChI is InChI=1S/C13H20N4O4S/c1-11-3-2-4-12(17(18)19)13(11)22(20,21)15-7-10-16-8-5-14-6-9-16/h2-4,14-15H,5-10H2,1H3. The minimum atomic E-state index is -3.90. The second-order valence-corrected chi connectivity index (χ2v) is 6.87. The number of rotatable bonds is 6. The van der Waals surface area contributed by atoms with E-state index < -0.39 is 20.6 Å². The molecule has 0 unspecified atom stereocenters. The number of hydrogen-bond donors (Lipinski definition) is 2. The molecule has 9 heteroatoms. The summed E-state index contributed by atoms with van der Waals surface area (Å²) in [6.07, 6.45) is 0. The summed E-state index contributed by atoms with van der Waals surface area (Å²) in [5.41, 5.74) is -0.0291. The molecule has 1 aliphatic heterocycles. The summed E-state index contributed by atoms with van der Waals surface area (Å²) in [5, 5.41) is 14.3. The van der Waals surface area contributed by atoms with E-state index in [0.29, 0.717) is 12.1 Å². The van der Waals surface area contributed by atoms with Gasteiger partial charge in [-0.3, -0.25) is 15.0 Å². The predicted molar refractivity (Wildman–Crippen MR) is 82.3 cm³/mol. The van der Waals surface area contributed by atoms with Crippen LogP contribution >= 0.6 is 0 Å². The van der Waals surface area contributed by atoms with Gasteiger partial charge in [0, 0.05) is 45.3 Å². The van der Waals surface area contributed by atoms with Gasteiger partial charge in [0.05, 0.1) is 4.92 Å². The van der Waals surface area contributed by atoms with Crippen LogP contribution in [0.25, 0.3) is 0 Å². The van der Waals surface area contributed by atoms with Crippen molar-refractivity contribution in [3.63, 3.8) is 0 Å². The Morgan fingerprint density at radius 2 is 2.05 bits per heavy atom. The fourth-order valence-electron chi connectivity index (χ4n) is 2.48. The Kier molecular flexibility index (Phi) is 5.46. The molecule has 1 saturated heterocycles. The topological polar surface area (TPSA) is 105 Å². The molecule has 0 spiro atoms. The maximum absolute atomic E-state index is 12.4. The van der Waals surface area contributed by atoms with Crippen molar-refractivity contribution in [2.75, 3.05) is 39.3 Å². The highest BCUT2D eigenvalue weighted by Crippen LogP contribution is 2.26. The Morgan fingerprint density at radius 1 is 1.36 bits per heavy atom. The predicted octanol–water partition coefficient (Wildman–Crippen LogP) is 0.0867. The molecule has 2 N–H and O–H groups in total. The molecule has 0 aromatic heterocycles. The van der Waals surface area contributed by atoms with Crippen LogP contribution in [0.3, 0.4) is 0 Å². The highest BCUT2D eigenvalue weighted by molar-refractivity contribution is 7.89. The number of nitrogens with zero attached hydrogens (tertiary/aromatic N) is 2. The van der Waals surface area contributed by atoms with Gasteiger partial charge in [-0.2, -0.15) is 0 Å². The van der Waals surface area contributed by atoms with Gasteiger partial charge in [0.2, 0.25) is 10.0 Å². The molecule has 0 amide bonds. The Morgan fingerprint density at radius 3 is 2.68 bits per heavy atom. The summed E-state index contributed by atoms with van der Waals surface area (Å²) in [6.45, 7) is 5.87. The van der Waals surface area contributed by atoms with E-state index >= 15 is 0 Å². The average Bonchev–Trinajstić information content (AvgIpc) is 2.47. The molecule has 0 bridgehead atoms. The number of aryl methyl sites for hydroxylation is 1. The van der Waals surface area contributed by atoms with E-state index in [-0.39, 0.29) is 11.4 Å². The van der Waals surface area contributed by atoms with Crippen molar-refractivity contribution < 1.29 is 13.3 Å². The molecule has 1 fully saturated rings. The normalized spacial score (nSPS) is 16.6. The van der Waals surface area contributed by atoms with Gasteiger partial charge in [0.1, 0.15) is 0 Å². The van der Waals surface area contributed by atoms with Crippen LogP contribution in [-0.2, 0) is 10.0 Å². The summed E-state index contributed by atoms with van der Waals surface area (Å²) in [4.78, 5) is 12.3. The van der Waals surface area contributed by atoms with Crippen LogP contribution in [0.15, 0.2) is 23.1 Å². The van der Waals surface area contributed by atoms with Crippen molar-refractivity contribution in [1.82, 2.24) is 14.9 Å². The molecule has 0 aliphatic carbocycles. The molecule has 0 atom stereocenters. The third kappa shape index (κ3) is 4.01. The molecule has 1 aromatic rings.